The number of hydrogen-bond acceptors (Lipinski definition) is 6. The molecule has 25 heavy (non-hydrogen) atoms. The third kappa shape index (κ3) is 3.29. The van der Waals surface area contributed by atoms with Gasteiger partial charge >= 0.3 is 0 Å². The maximum Gasteiger partial charge on any atom is 0.276 e. The van der Waals surface area contributed by atoms with Crippen molar-refractivity contribution in [1.29, 1.82) is 0 Å². The molecule has 0 atom stereocenters. The molecule has 2 N–H and O–H groups in total. The zero-order valence-corrected chi connectivity index (χ0v) is 15.7. The van der Waals surface area contributed by atoms with Gasteiger partial charge in [0.2, 0.25) is 0 Å². The molecule has 2 aromatic rings. The van der Waals surface area contributed by atoms with Gasteiger partial charge in [-0.25, -0.2) is 14.6 Å². The molecule has 1 saturated heterocycles. The van der Waals surface area contributed by atoms with Gasteiger partial charge in [-0.1, -0.05) is 6.92 Å². The molecule has 0 unspecified atom stereocenters. The Bertz CT molecular complexity index is 888. The third-order valence-electron chi connectivity index (χ3n) is 4.89. The van der Waals surface area contributed by atoms with Crippen molar-refractivity contribution in [3.05, 3.63) is 18.1 Å². The molecule has 9 nitrogen and oxygen atoms in total. The van der Waals surface area contributed by atoms with Crippen LogP contribution in [0.1, 0.15) is 18.9 Å². The van der Waals surface area contributed by atoms with E-state index in [1.165, 1.54) is 17.7 Å². The van der Waals surface area contributed by atoms with E-state index < -0.39 is 10.2 Å². The molecule has 0 spiro atoms. The van der Waals surface area contributed by atoms with E-state index in [2.05, 4.69) is 21.9 Å². The number of aryl methyl sites for hydroxylation is 1. The number of anilines is 1. The first-order valence-electron chi connectivity index (χ1n) is 8.00. The van der Waals surface area contributed by atoms with E-state index >= 15 is 0 Å². The third-order valence-corrected chi connectivity index (χ3v) is 5.94. The van der Waals surface area contributed by atoms with Crippen LogP contribution in [0.25, 0.3) is 5.52 Å². The lowest BCUT2D eigenvalue weighted by molar-refractivity contribution is 0.208. The highest BCUT2D eigenvalue weighted by atomic mass is 32.2. The predicted octanol–water partition coefficient (Wildman–Crippen LogP) is 0.398. The molecule has 1 aliphatic rings. The molecule has 1 fully saturated rings. The molecule has 138 valence electrons. The normalized spacial score (nSPS) is 17.1. The Morgan fingerprint density at radius 3 is 2.72 bits per heavy atom. The van der Waals surface area contributed by atoms with Crippen LogP contribution in [0, 0.1) is 12.3 Å². The van der Waals surface area contributed by atoms with Crippen LogP contribution in [0.15, 0.2) is 12.5 Å². The molecule has 1 aliphatic heterocycles. The summed E-state index contributed by atoms with van der Waals surface area (Å²) in [6.45, 7) is 6.13. The average molecular weight is 368 g/mol. The van der Waals surface area contributed by atoms with Gasteiger partial charge in [0.1, 0.15) is 17.6 Å². The summed E-state index contributed by atoms with van der Waals surface area (Å²) in [4.78, 5) is 6.63. The molecular formula is C15H24N6O3S. The zero-order chi connectivity index (χ0) is 18.4. The number of nitrogens with zero attached hydrogens (tertiary/aromatic N) is 5. The lowest BCUT2D eigenvalue weighted by Gasteiger charge is -2.49. The van der Waals surface area contributed by atoms with E-state index in [0.29, 0.717) is 6.54 Å². The second-order valence-corrected chi connectivity index (χ2v) is 8.64. The lowest BCUT2D eigenvalue weighted by atomic mass is 9.79. The van der Waals surface area contributed by atoms with Crippen molar-refractivity contribution in [2.45, 2.75) is 20.3 Å². The minimum Gasteiger partial charge on any atom is -0.495 e. The van der Waals surface area contributed by atoms with Crippen molar-refractivity contribution < 1.29 is 13.2 Å². The van der Waals surface area contributed by atoms with E-state index in [0.717, 1.165) is 42.2 Å². The fraction of sp³-hybridized carbons (Fsp3) is 0.600. The Labute approximate surface area is 147 Å². The van der Waals surface area contributed by atoms with Gasteiger partial charge in [-0.15, -0.1) is 0 Å². The molecule has 0 amide bonds. The van der Waals surface area contributed by atoms with Crippen LogP contribution in [0.2, 0.25) is 0 Å². The molecule has 10 heteroatoms. The molecule has 0 radical (unpaired) electrons. The van der Waals surface area contributed by atoms with Gasteiger partial charge in [0.15, 0.2) is 5.82 Å². The number of nitrogens with two attached hydrogens (primary N) is 1. The summed E-state index contributed by atoms with van der Waals surface area (Å²) in [7, 11) is -0.492. The Morgan fingerprint density at radius 1 is 1.44 bits per heavy atom. The Balaban J connectivity index is 1.74. The highest BCUT2D eigenvalue weighted by molar-refractivity contribution is 7.86. The largest absolute Gasteiger partial charge is 0.495 e. The smallest absolute Gasteiger partial charge is 0.276 e. The van der Waals surface area contributed by atoms with Gasteiger partial charge in [-0.2, -0.15) is 17.8 Å². The lowest BCUT2D eigenvalue weighted by Crippen LogP contribution is -2.56. The van der Waals surface area contributed by atoms with Crippen molar-refractivity contribution >= 4 is 21.5 Å². The summed E-state index contributed by atoms with van der Waals surface area (Å²) in [5.41, 5.74) is 1.95. The maximum atomic E-state index is 11.3. The van der Waals surface area contributed by atoms with Gasteiger partial charge in [0.05, 0.1) is 13.3 Å². The second-order valence-electron chi connectivity index (χ2n) is 6.98. The van der Waals surface area contributed by atoms with Crippen molar-refractivity contribution in [2.75, 3.05) is 38.7 Å². The fourth-order valence-electron chi connectivity index (χ4n) is 3.29. The van der Waals surface area contributed by atoms with E-state index in [4.69, 9.17) is 9.88 Å². The van der Waals surface area contributed by atoms with Crippen molar-refractivity contribution in [2.24, 2.45) is 10.6 Å². The molecular weight excluding hydrogens is 344 g/mol. The average Bonchev–Trinajstić information content (AvgIpc) is 2.85. The highest BCUT2D eigenvalue weighted by Gasteiger charge is 2.40. The summed E-state index contributed by atoms with van der Waals surface area (Å²) in [5.74, 6) is 1.65. The first kappa shape index (κ1) is 17.9. The number of rotatable bonds is 6. The topological polar surface area (TPSA) is 106 Å². The standard InChI is InChI=1S/C15H24N6O3S/c1-11-12(24-4)7-21-13(11)14(17-10-18-21)20-8-15(2,9-20)5-6-19(3)25(16,22)23/h7,10H,5-6,8-9H2,1-4H3,(H2,16,22,23). The Morgan fingerprint density at radius 2 is 2.12 bits per heavy atom. The Kier molecular flexibility index (Phi) is 4.38. The van der Waals surface area contributed by atoms with Crippen LogP contribution in [0.3, 0.4) is 0 Å². The summed E-state index contributed by atoms with van der Waals surface area (Å²) >= 11 is 0. The molecule has 0 aromatic carbocycles. The number of fused-ring (bicyclic) bond motifs is 1. The molecule has 0 aliphatic carbocycles. The van der Waals surface area contributed by atoms with Gasteiger partial charge in [-0.05, 0) is 13.3 Å². The number of aromatic nitrogens is 3. The van der Waals surface area contributed by atoms with Crippen LogP contribution >= 0.6 is 0 Å². The fourth-order valence-corrected chi connectivity index (χ4v) is 3.64. The molecule has 0 bridgehead atoms. The van der Waals surface area contributed by atoms with Crippen LogP contribution in [0.4, 0.5) is 5.82 Å². The SMILES string of the molecule is COc1cn2ncnc(N3CC(C)(CCN(C)S(N)(=O)=O)C3)c2c1C. The van der Waals surface area contributed by atoms with Crippen LogP contribution < -0.4 is 14.8 Å². The van der Waals surface area contributed by atoms with E-state index in [1.807, 2.05) is 13.1 Å². The summed E-state index contributed by atoms with van der Waals surface area (Å²) < 4.78 is 31.0. The number of hydrogen-bond donors (Lipinski definition) is 1. The first-order valence-corrected chi connectivity index (χ1v) is 9.51. The monoisotopic (exact) mass is 368 g/mol. The van der Waals surface area contributed by atoms with Crippen molar-refractivity contribution in [3.63, 3.8) is 0 Å². The van der Waals surface area contributed by atoms with Crippen molar-refractivity contribution in [1.82, 2.24) is 18.9 Å². The molecule has 3 rings (SSSR count). The minimum atomic E-state index is -3.63. The summed E-state index contributed by atoms with van der Waals surface area (Å²) in [6, 6.07) is 0. The molecule has 2 aromatic heterocycles. The van der Waals surface area contributed by atoms with Gasteiger partial charge in [-0.3, -0.25) is 0 Å². The van der Waals surface area contributed by atoms with Crippen LogP contribution in [-0.4, -0.2) is 61.1 Å². The van der Waals surface area contributed by atoms with Gasteiger partial charge in [0.25, 0.3) is 10.2 Å². The maximum absolute atomic E-state index is 11.3. The van der Waals surface area contributed by atoms with Crippen LogP contribution in [0.5, 0.6) is 5.75 Å². The first-order chi connectivity index (χ1) is 11.6. The predicted molar refractivity (Wildman–Crippen MR) is 95.0 cm³/mol. The second kappa shape index (κ2) is 6.11. The molecule has 0 saturated carbocycles. The summed E-state index contributed by atoms with van der Waals surface area (Å²) in [6.07, 6.45) is 4.11. The Hall–Kier alpha value is -1.91. The minimum absolute atomic E-state index is 0.0193. The number of ether oxygens (including phenoxy) is 1. The van der Waals surface area contributed by atoms with E-state index in [9.17, 15) is 8.42 Å². The van der Waals surface area contributed by atoms with E-state index in [1.54, 1.807) is 11.6 Å². The summed E-state index contributed by atoms with van der Waals surface area (Å²) in [5, 5.41) is 9.38. The van der Waals surface area contributed by atoms with Gasteiger partial charge < -0.3 is 9.64 Å². The van der Waals surface area contributed by atoms with Crippen LogP contribution in [-0.2, 0) is 10.2 Å². The van der Waals surface area contributed by atoms with Crippen molar-refractivity contribution in [3.8, 4) is 5.75 Å². The number of methoxy groups -OCH3 is 1. The highest BCUT2D eigenvalue weighted by Crippen LogP contribution is 2.39. The quantitative estimate of drug-likeness (QED) is 0.791. The molecule has 3 heterocycles. The zero-order valence-electron chi connectivity index (χ0n) is 14.9. The van der Waals surface area contributed by atoms with Gasteiger partial charge in [0, 0.05) is 37.7 Å². The van der Waals surface area contributed by atoms with E-state index in [-0.39, 0.29) is 5.41 Å².